The second-order valence-electron chi connectivity index (χ2n) is 6.29. The maximum Gasteiger partial charge on any atom is 0.338 e. The van der Waals surface area contributed by atoms with Crippen LogP contribution in [0.15, 0.2) is 41.2 Å². The first-order valence-corrected chi connectivity index (χ1v) is 8.90. The number of rotatable bonds is 6. The van der Waals surface area contributed by atoms with Gasteiger partial charge in [0.25, 0.3) is 5.56 Å². The molecule has 0 fully saturated rings. The molecule has 0 spiro atoms. The van der Waals surface area contributed by atoms with Crippen LogP contribution in [0.3, 0.4) is 0 Å². The zero-order chi connectivity index (χ0) is 21.1. The number of benzene rings is 2. The van der Waals surface area contributed by atoms with Crippen molar-refractivity contribution in [2.75, 3.05) is 13.7 Å². The molecule has 2 aromatic carbocycles. The van der Waals surface area contributed by atoms with Gasteiger partial charge in [0.15, 0.2) is 6.61 Å². The third-order valence-electron chi connectivity index (χ3n) is 4.46. The summed E-state index contributed by atoms with van der Waals surface area (Å²) in [6.45, 7) is 3.34. The molecule has 0 N–H and O–H groups in total. The highest BCUT2D eigenvalue weighted by Gasteiger charge is 2.17. The van der Waals surface area contributed by atoms with E-state index >= 15 is 0 Å². The summed E-state index contributed by atoms with van der Waals surface area (Å²) in [5.74, 6) is -1.73. The third-order valence-corrected chi connectivity index (χ3v) is 4.46. The minimum atomic E-state index is -0.732. The largest absolute Gasteiger partial charge is 0.496 e. The van der Waals surface area contributed by atoms with Gasteiger partial charge in [-0.25, -0.2) is 14.2 Å². The number of methoxy groups -OCH3 is 1. The second kappa shape index (κ2) is 8.22. The highest BCUT2D eigenvalue weighted by Crippen LogP contribution is 2.20. The van der Waals surface area contributed by atoms with E-state index in [1.165, 1.54) is 31.4 Å². The smallest absolute Gasteiger partial charge is 0.338 e. The second-order valence-corrected chi connectivity index (χ2v) is 6.29. The number of carbonyl (C=O) groups is 2. The summed E-state index contributed by atoms with van der Waals surface area (Å²) in [6.07, 6.45) is 0. The SMILES string of the molecule is CCn1c(=O)c(C)nc2cc(C(=O)OCC(=O)c3cc(F)ccc3OC)ccc21. The fraction of sp³-hybridized carbons (Fsp3) is 0.238. The van der Waals surface area contributed by atoms with E-state index < -0.39 is 24.2 Å². The Labute approximate surface area is 165 Å². The van der Waals surface area contributed by atoms with Gasteiger partial charge in [0.05, 0.1) is 29.3 Å². The minimum Gasteiger partial charge on any atom is -0.496 e. The van der Waals surface area contributed by atoms with Crippen molar-refractivity contribution in [1.29, 1.82) is 0 Å². The summed E-state index contributed by atoms with van der Waals surface area (Å²) in [5, 5.41) is 0. The van der Waals surface area contributed by atoms with E-state index in [0.29, 0.717) is 23.3 Å². The third kappa shape index (κ3) is 4.01. The molecule has 7 nitrogen and oxygen atoms in total. The Bertz CT molecular complexity index is 1170. The first kappa shape index (κ1) is 20.2. The van der Waals surface area contributed by atoms with Crippen LogP contribution in [0.1, 0.15) is 33.3 Å². The highest BCUT2D eigenvalue weighted by molar-refractivity contribution is 6.01. The Kier molecular flexibility index (Phi) is 5.72. The Morgan fingerprint density at radius 2 is 1.93 bits per heavy atom. The number of carbonyl (C=O) groups excluding carboxylic acids is 2. The molecule has 1 aromatic heterocycles. The van der Waals surface area contributed by atoms with Crippen molar-refractivity contribution in [2.24, 2.45) is 0 Å². The zero-order valence-electron chi connectivity index (χ0n) is 16.2. The number of ketones is 1. The first-order chi connectivity index (χ1) is 13.8. The van der Waals surface area contributed by atoms with Crippen molar-refractivity contribution in [2.45, 2.75) is 20.4 Å². The number of halogens is 1. The lowest BCUT2D eigenvalue weighted by molar-refractivity contribution is 0.0474. The molecule has 0 aliphatic heterocycles. The molecule has 3 rings (SSSR count). The molecule has 0 aliphatic rings. The maximum atomic E-state index is 13.4. The van der Waals surface area contributed by atoms with E-state index in [1.807, 2.05) is 6.92 Å². The fourth-order valence-electron chi connectivity index (χ4n) is 3.01. The van der Waals surface area contributed by atoms with Gasteiger partial charge < -0.3 is 14.0 Å². The van der Waals surface area contributed by atoms with Gasteiger partial charge in [-0.05, 0) is 50.2 Å². The number of hydrogen-bond acceptors (Lipinski definition) is 6. The summed E-state index contributed by atoms with van der Waals surface area (Å²) < 4.78 is 25.1. The van der Waals surface area contributed by atoms with Crippen LogP contribution in [0.4, 0.5) is 4.39 Å². The van der Waals surface area contributed by atoms with E-state index in [1.54, 1.807) is 17.6 Å². The van der Waals surface area contributed by atoms with Gasteiger partial charge >= 0.3 is 5.97 Å². The number of aromatic nitrogens is 2. The predicted octanol–water partition coefficient (Wildman–Crippen LogP) is 2.91. The fourth-order valence-corrected chi connectivity index (χ4v) is 3.01. The lowest BCUT2D eigenvalue weighted by Crippen LogP contribution is -2.23. The monoisotopic (exact) mass is 398 g/mol. The number of aryl methyl sites for hydroxylation is 2. The van der Waals surface area contributed by atoms with Crippen LogP contribution in [0.2, 0.25) is 0 Å². The van der Waals surface area contributed by atoms with Gasteiger partial charge in [-0.15, -0.1) is 0 Å². The van der Waals surface area contributed by atoms with Crippen molar-refractivity contribution in [3.05, 3.63) is 69.4 Å². The molecular formula is C21H19FN2O5. The molecule has 0 radical (unpaired) electrons. The lowest BCUT2D eigenvalue weighted by atomic mass is 10.1. The lowest BCUT2D eigenvalue weighted by Gasteiger charge is -2.11. The Balaban J connectivity index is 1.82. The van der Waals surface area contributed by atoms with Gasteiger partial charge in [0, 0.05) is 6.54 Å². The Morgan fingerprint density at radius 1 is 1.17 bits per heavy atom. The molecule has 0 atom stereocenters. The average molecular weight is 398 g/mol. The zero-order valence-corrected chi connectivity index (χ0v) is 16.2. The molecule has 150 valence electrons. The van der Waals surface area contributed by atoms with Crippen LogP contribution in [0.25, 0.3) is 11.0 Å². The van der Waals surface area contributed by atoms with Gasteiger partial charge in [0.2, 0.25) is 5.78 Å². The quantitative estimate of drug-likeness (QED) is 0.469. The number of esters is 1. The molecule has 3 aromatic rings. The predicted molar refractivity (Wildman–Crippen MR) is 104 cm³/mol. The molecule has 0 saturated carbocycles. The van der Waals surface area contributed by atoms with Crippen molar-refractivity contribution < 1.29 is 23.5 Å². The summed E-state index contributed by atoms with van der Waals surface area (Å²) in [6, 6.07) is 8.14. The average Bonchev–Trinajstić information content (AvgIpc) is 2.72. The standard InChI is InChI=1S/C21H19FN2O5/c1-4-24-17-7-5-13(9-16(17)23-12(2)20(24)26)21(27)29-11-18(25)15-10-14(22)6-8-19(15)28-3/h5-10H,4,11H2,1-3H3. The van der Waals surface area contributed by atoms with Crippen molar-refractivity contribution in [3.8, 4) is 5.75 Å². The molecule has 0 amide bonds. The summed E-state index contributed by atoms with van der Waals surface area (Å²) in [5.41, 5.74) is 1.37. The number of nitrogens with zero attached hydrogens (tertiary/aromatic N) is 2. The number of fused-ring (bicyclic) bond motifs is 1. The van der Waals surface area contributed by atoms with Crippen LogP contribution >= 0.6 is 0 Å². The number of ether oxygens (including phenoxy) is 2. The molecular weight excluding hydrogens is 379 g/mol. The van der Waals surface area contributed by atoms with E-state index in [9.17, 15) is 18.8 Å². The van der Waals surface area contributed by atoms with E-state index in [2.05, 4.69) is 4.98 Å². The van der Waals surface area contributed by atoms with Crippen LogP contribution < -0.4 is 10.3 Å². The van der Waals surface area contributed by atoms with Crippen LogP contribution in [0.5, 0.6) is 5.75 Å². The molecule has 0 aliphatic carbocycles. The first-order valence-electron chi connectivity index (χ1n) is 8.90. The summed E-state index contributed by atoms with van der Waals surface area (Å²) in [4.78, 5) is 41.1. The molecule has 0 saturated heterocycles. The van der Waals surface area contributed by atoms with Crippen LogP contribution in [-0.2, 0) is 11.3 Å². The topological polar surface area (TPSA) is 87.5 Å². The normalized spacial score (nSPS) is 10.8. The van der Waals surface area contributed by atoms with E-state index in [0.717, 1.165) is 6.07 Å². The summed E-state index contributed by atoms with van der Waals surface area (Å²) in [7, 11) is 1.36. The van der Waals surface area contributed by atoms with Crippen LogP contribution in [-0.4, -0.2) is 35.0 Å². The maximum absolute atomic E-state index is 13.4. The van der Waals surface area contributed by atoms with Gasteiger partial charge in [-0.2, -0.15) is 0 Å². The van der Waals surface area contributed by atoms with E-state index in [4.69, 9.17) is 9.47 Å². The Hall–Kier alpha value is -3.55. The molecule has 29 heavy (non-hydrogen) atoms. The van der Waals surface area contributed by atoms with Gasteiger partial charge in [0.1, 0.15) is 17.3 Å². The molecule has 0 bridgehead atoms. The molecule has 8 heteroatoms. The highest BCUT2D eigenvalue weighted by atomic mass is 19.1. The van der Waals surface area contributed by atoms with Crippen molar-refractivity contribution in [3.63, 3.8) is 0 Å². The number of Topliss-reactive ketones (excluding diaryl/α,β-unsaturated/α-hetero) is 1. The van der Waals surface area contributed by atoms with Crippen molar-refractivity contribution in [1.82, 2.24) is 9.55 Å². The summed E-state index contributed by atoms with van der Waals surface area (Å²) >= 11 is 0. The van der Waals surface area contributed by atoms with Gasteiger partial charge in [-0.1, -0.05) is 0 Å². The van der Waals surface area contributed by atoms with E-state index in [-0.39, 0.29) is 22.4 Å². The van der Waals surface area contributed by atoms with Gasteiger partial charge in [-0.3, -0.25) is 9.59 Å². The molecule has 1 heterocycles. The van der Waals surface area contributed by atoms with Crippen molar-refractivity contribution >= 4 is 22.8 Å². The molecule has 0 unspecified atom stereocenters. The minimum absolute atomic E-state index is 0.0111. The van der Waals surface area contributed by atoms with Crippen LogP contribution in [0, 0.1) is 12.7 Å². The Morgan fingerprint density at radius 3 is 2.62 bits per heavy atom. The number of hydrogen-bond donors (Lipinski definition) is 0.